The van der Waals surface area contributed by atoms with Gasteiger partial charge in [0.05, 0.1) is 6.54 Å². The van der Waals surface area contributed by atoms with Gasteiger partial charge in [0.25, 0.3) is 5.91 Å². The number of nitrogens with one attached hydrogen (secondary N) is 2. The number of amides is 2. The van der Waals surface area contributed by atoms with Crippen LogP contribution < -0.4 is 10.6 Å². The largest absolute Gasteiger partial charge is 0.343 e. The lowest BCUT2D eigenvalue weighted by molar-refractivity contribution is -0.115. The molecule has 4 nitrogen and oxygen atoms in total. The van der Waals surface area contributed by atoms with Crippen molar-refractivity contribution in [1.29, 1.82) is 0 Å². The maximum Gasteiger partial charge on any atom is 0.251 e. The SMILES string of the molecule is O=C(CNC(=O)c1ccccc1)Nc1ccc(C23CC4CC(CC(C4)C2)C3)cc1. The minimum atomic E-state index is -0.238. The summed E-state index contributed by atoms with van der Waals surface area (Å²) >= 11 is 0. The van der Waals surface area contributed by atoms with Crippen LogP contribution in [0.2, 0.25) is 0 Å². The highest BCUT2D eigenvalue weighted by Gasteiger charge is 2.51. The summed E-state index contributed by atoms with van der Waals surface area (Å²) in [6, 6.07) is 17.4. The van der Waals surface area contributed by atoms with E-state index in [-0.39, 0.29) is 18.4 Å². The Hall–Kier alpha value is -2.62. The zero-order valence-corrected chi connectivity index (χ0v) is 16.7. The second kappa shape index (κ2) is 7.33. The van der Waals surface area contributed by atoms with Crippen molar-refractivity contribution in [2.24, 2.45) is 17.8 Å². The van der Waals surface area contributed by atoms with Gasteiger partial charge in [0, 0.05) is 11.3 Å². The summed E-state index contributed by atoms with van der Waals surface area (Å²) in [6.07, 6.45) is 8.37. The van der Waals surface area contributed by atoms with Crippen LogP contribution in [0.25, 0.3) is 0 Å². The van der Waals surface area contributed by atoms with Gasteiger partial charge in [-0.2, -0.15) is 0 Å². The molecule has 4 fully saturated rings. The number of carbonyl (C=O) groups excluding carboxylic acids is 2. The van der Waals surface area contributed by atoms with Gasteiger partial charge in [0.2, 0.25) is 5.91 Å². The van der Waals surface area contributed by atoms with Crippen LogP contribution in [0.3, 0.4) is 0 Å². The van der Waals surface area contributed by atoms with Gasteiger partial charge < -0.3 is 10.6 Å². The van der Waals surface area contributed by atoms with Crippen molar-refractivity contribution in [3.8, 4) is 0 Å². The van der Waals surface area contributed by atoms with Crippen LogP contribution in [0.5, 0.6) is 0 Å². The van der Waals surface area contributed by atoms with E-state index in [2.05, 4.69) is 22.8 Å². The standard InChI is InChI=1S/C25H28N2O2/c28-23(16-26-24(29)20-4-2-1-3-5-20)27-22-8-6-21(7-9-22)25-13-17-10-18(14-25)12-19(11-17)15-25/h1-9,17-19H,10-16H2,(H,26,29)(H,27,28). The zero-order chi connectivity index (χ0) is 19.8. The van der Waals surface area contributed by atoms with E-state index in [0.717, 1.165) is 23.4 Å². The first-order chi connectivity index (χ1) is 14.1. The third-order valence-electron chi connectivity index (χ3n) is 7.26. The molecule has 0 radical (unpaired) electrons. The molecule has 2 aromatic carbocycles. The minimum absolute atomic E-state index is 0.0372. The number of carbonyl (C=O) groups is 2. The number of benzene rings is 2. The highest BCUT2D eigenvalue weighted by molar-refractivity contribution is 5.99. The van der Waals surface area contributed by atoms with Crippen LogP contribution in [0.15, 0.2) is 54.6 Å². The number of rotatable bonds is 5. The van der Waals surface area contributed by atoms with Crippen molar-refractivity contribution in [2.75, 3.05) is 11.9 Å². The molecule has 6 rings (SSSR count). The molecule has 4 heteroatoms. The molecule has 0 aliphatic heterocycles. The van der Waals surface area contributed by atoms with E-state index < -0.39 is 0 Å². The molecule has 4 saturated carbocycles. The Kier molecular flexibility index (Phi) is 4.65. The van der Waals surface area contributed by atoms with Crippen molar-refractivity contribution in [2.45, 2.75) is 43.9 Å². The van der Waals surface area contributed by atoms with Gasteiger partial charge in [0.15, 0.2) is 0 Å². The molecule has 150 valence electrons. The molecule has 29 heavy (non-hydrogen) atoms. The summed E-state index contributed by atoms with van der Waals surface area (Å²) in [5, 5.41) is 5.56. The monoisotopic (exact) mass is 388 g/mol. The lowest BCUT2D eigenvalue weighted by atomic mass is 9.48. The Morgan fingerprint density at radius 2 is 1.41 bits per heavy atom. The third-order valence-corrected chi connectivity index (χ3v) is 7.26. The summed E-state index contributed by atoms with van der Waals surface area (Å²) in [4.78, 5) is 24.3. The normalized spacial score (nSPS) is 29.4. The molecule has 4 aliphatic carbocycles. The molecule has 2 amide bonds. The van der Waals surface area contributed by atoms with E-state index in [1.165, 1.54) is 44.1 Å². The smallest absolute Gasteiger partial charge is 0.251 e. The highest BCUT2D eigenvalue weighted by atomic mass is 16.2. The summed E-state index contributed by atoms with van der Waals surface area (Å²) < 4.78 is 0. The molecular weight excluding hydrogens is 360 g/mol. The number of hydrogen-bond acceptors (Lipinski definition) is 2. The Balaban J connectivity index is 1.19. The first-order valence-corrected chi connectivity index (χ1v) is 10.8. The van der Waals surface area contributed by atoms with Gasteiger partial charge in [-0.05, 0) is 91.5 Å². The van der Waals surface area contributed by atoms with E-state index in [4.69, 9.17) is 0 Å². The van der Waals surface area contributed by atoms with Crippen molar-refractivity contribution in [3.05, 3.63) is 65.7 Å². The molecule has 0 heterocycles. The van der Waals surface area contributed by atoms with Crippen LogP contribution in [0.1, 0.15) is 54.4 Å². The van der Waals surface area contributed by atoms with Gasteiger partial charge >= 0.3 is 0 Å². The maximum absolute atomic E-state index is 12.2. The van der Waals surface area contributed by atoms with Crippen molar-refractivity contribution in [1.82, 2.24) is 5.32 Å². The number of hydrogen-bond donors (Lipinski definition) is 2. The van der Waals surface area contributed by atoms with E-state index in [1.807, 2.05) is 18.2 Å². The fourth-order valence-corrected chi connectivity index (χ4v) is 6.43. The maximum atomic E-state index is 12.2. The second-order valence-electron chi connectivity index (χ2n) is 9.37. The third kappa shape index (κ3) is 3.68. The second-order valence-corrected chi connectivity index (χ2v) is 9.37. The quantitative estimate of drug-likeness (QED) is 0.791. The minimum Gasteiger partial charge on any atom is -0.343 e. The Morgan fingerprint density at radius 3 is 2.00 bits per heavy atom. The molecule has 4 aliphatic rings. The van der Waals surface area contributed by atoms with Gasteiger partial charge in [-0.15, -0.1) is 0 Å². The summed E-state index contributed by atoms with van der Waals surface area (Å²) in [7, 11) is 0. The lowest BCUT2D eigenvalue weighted by Gasteiger charge is -2.57. The highest BCUT2D eigenvalue weighted by Crippen LogP contribution is 2.60. The lowest BCUT2D eigenvalue weighted by Crippen LogP contribution is -2.48. The molecule has 0 aromatic heterocycles. The van der Waals surface area contributed by atoms with Crippen LogP contribution in [0, 0.1) is 17.8 Å². The van der Waals surface area contributed by atoms with Crippen molar-refractivity contribution >= 4 is 17.5 Å². The average Bonchev–Trinajstić information content (AvgIpc) is 2.72. The Labute approximate surface area is 172 Å². The van der Waals surface area contributed by atoms with Gasteiger partial charge in [-0.1, -0.05) is 30.3 Å². The first kappa shape index (κ1) is 18.4. The molecule has 2 aromatic rings. The predicted octanol–water partition coefficient (Wildman–Crippen LogP) is 4.52. The fraction of sp³-hybridized carbons (Fsp3) is 0.440. The van der Waals surface area contributed by atoms with E-state index in [9.17, 15) is 9.59 Å². The summed E-state index contributed by atoms with van der Waals surface area (Å²) in [5.41, 5.74) is 3.17. The van der Waals surface area contributed by atoms with Crippen LogP contribution in [0.4, 0.5) is 5.69 Å². The molecule has 0 atom stereocenters. The van der Waals surface area contributed by atoms with Gasteiger partial charge in [-0.25, -0.2) is 0 Å². The molecule has 2 N–H and O–H groups in total. The average molecular weight is 389 g/mol. The van der Waals surface area contributed by atoms with Crippen LogP contribution >= 0.6 is 0 Å². The molecular formula is C25H28N2O2. The van der Waals surface area contributed by atoms with Crippen molar-refractivity contribution in [3.63, 3.8) is 0 Å². The Morgan fingerprint density at radius 1 is 0.828 bits per heavy atom. The fourth-order valence-electron chi connectivity index (χ4n) is 6.43. The van der Waals surface area contributed by atoms with Gasteiger partial charge in [0.1, 0.15) is 0 Å². The molecule has 0 saturated heterocycles. The summed E-state index contributed by atoms with van der Waals surface area (Å²) in [6.45, 7) is -0.0372. The van der Waals surface area contributed by atoms with E-state index >= 15 is 0 Å². The van der Waals surface area contributed by atoms with Crippen LogP contribution in [-0.2, 0) is 10.2 Å². The van der Waals surface area contributed by atoms with Gasteiger partial charge in [-0.3, -0.25) is 9.59 Å². The van der Waals surface area contributed by atoms with Crippen LogP contribution in [-0.4, -0.2) is 18.4 Å². The molecule has 0 spiro atoms. The first-order valence-electron chi connectivity index (χ1n) is 10.8. The molecule has 4 bridgehead atoms. The van der Waals surface area contributed by atoms with E-state index in [1.54, 1.807) is 24.3 Å². The predicted molar refractivity (Wildman–Crippen MR) is 114 cm³/mol. The Bertz CT molecular complexity index is 869. The number of anilines is 1. The van der Waals surface area contributed by atoms with Crippen molar-refractivity contribution < 1.29 is 9.59 Å². The zero-order valence-electron chi connectivity index (χ0n) is 16.7. The van der Waals surface area contributed by atoms with E-state index in [0.29, 0.717) is 11.0 Å². The summed E-state index contributed by atoms with van der Waals surface area (Å²) in [5.74, 6) is 2.33. The molecule has 0 unspecified atom stereocenters. The topological polar surface area (TPSA) is 58.2 Å².